The van der Waals surface area contributed by atoms with Crippen molar-refractivity contribution in [1.29, 1.82) is 0 Å². The van der Waals surface area contributed by atoms with Crippen LogP contribution in [0.2, 0.25) is 0 Å². The lowest BCUT2D eigenvalue weighted by Crippen LogP contribution is -2.36. The molecule has 1 saturated heterocycles. The molecular formula is C27H40O4. The molecule has 4 aliphatic rings. The highest BCUT2D eigenvalue weighted by atomic mass is 16.6. The van der Waals surface area contributed by atoms with E-state index in [4.69, 9.17) is 4.74 Å². The van der Waals surface area contributed by atoms with Crippen molar-refractivity contribution in [3.8, 4) is 0 Å². The fourth-order valence-electron chi connectivity index (χ4n) is 7.12. The van der Waals surface area contributed by atoms with Crippen molar-refractivity contribution < 1.29 is 20.1 Å². The van der Waals surface area contributed by atoms with Crippen molar-refractivity contribution in [3.63, 3.8) is 0 Å². The molecule has 3 N–H and O–H groups in total. The van der Waals surface area contributed by atoms with Crippen molar-refractivity contribution in [2.45, 2.75) is 96.2 Å². The van der Waals surface area contributed by atoms with E-state index in [1.807, 2.05) is 0 Å². The maximum absolute atomic E-state index is 10.1. The second-order valence-electron chi connectivity index (χ2n) is 10.8. The summed E-state index contributed by atoms with van der Waals surface area (Å²) >= 11 is 0. The molecule has 2 unspecified atom stereocenters. The zero-order valence-electron chi connectivity index (χ0n) is 19.2. The molecule has 0 bridgehead atoms. The lowest BCUT2D eigenvalue weighted by molar-refractivity contribution is -0.0845. The molecular weight excluding hydrogens is 388 g/mol. The summed E-state index contributed by atoms with van der Waals surface area (Å²) in [6.45, 7) is 12.8. The van der Waals surface area contributed by atoms with Gasteiger partial charge in [0.15, 0.2) is 6.29 Å². The Morgan fingerprint density at radius 2 is 1.94 bits per heavy atom. The first-order chi connectivity index (χ1) is 14.7. The van der Waals surface area contributed by atoms with Gasteiger partial charge in [-0.2, -0.15) is 0 Å². The molecule has 0 aromatic heterocycles. The third-order valence-corrected chi connectivity index (χ3v) is 8.78. The number of allylic oxidation sites excluding steroid dienone is 3. The standard InChI is InChI=1S/C27H40O4/c1-16(12-22-13-17(2)26(30)31-22)23-9-10-24-19(6-5-11-27(23,24)4)7-8-20-14-21(28)15-25(29)18(20)3/h7-8,16,21-26,28-30H,2-3,5-6,9-15H2,1,4H3/b19-7+,20-8-/t16-,21-,22-,23-,24+,25?,26?,27-/m1/s1. The Bertz CT molecular complexity index is 780. The van der Waals surface area contributed by atoms with E-state index in [1.54, 1.807) is 0 Å². The molecule has 0 radical (unpaired) electrons. The van der Waals surface area contributed by atoms with Crippen LogP contribution in [0.4, 0.5) is 0 Å². The Kier molecular flexibility index (Phi) is 6.65. The van der Waals surface area contributed by atoms with Crippen LogP contribution >= 0.6 is 0 Å². The van der Waals surface area contributed by atoms with Crippen LogP contribution in [0.1, 0.15) is 71.6 Å². The highest BCUT2D eigenvalue weighted by molar-refractivity contribution is 5.38. The molecule has 0 spiro atoms. The minimum Gasteiger partial charge on any atom is -0.393 e. The molecule has 0 aromatic rings. The van der Waals surface area contributed by atoms with Gasteiger partial charge in [0, 0.05) is 6.42 Å². The Labute approximate surface area is 187 Å². The number of rotatable bonds is 4. The fourth-order valence-corrected chi connectivity index (χ4v) is 7.12. The van der Waals surface area contributed by atoms with E-state index in [0.29, 0.717) is 36.0 Å². The smallest absolute Gasteiger partial charge is 0.177 e. The summed E-state index contributed by atoms with van der Waals surface area (Å²) < 4.78 is 5.71. The van der Waals surface area contributed by atoms with Gasteiger partial charge in [-0.05, 0) is 91.3 Å². The first-order valence-corrected chi connectivity index (χ1v) is 12.1. The molecule has 4 fully saturated rings. The monoisotopic (exact) mass is 428 g/mol. The van der Waals surface area contributed by atoms with Crippen LogP contribution in [0.3, 0.4) is 0 Å². The average molecular weight is 429 g/mol. The van der Waals surface area contributed by atoms with Crippen LogP contribution in [0.5, 0.6) is 0 Å². The van der Waals surface area contributed by atoms with Crippen molar-refractivity contribution in [2.24, 2.45) is 23.2 Å². The summed E-state index contributed by atoms with van der Waals surface area (Å²) in [7, 11) is 0. The minimum atomic E-state index is -0.784. The van der Waals surface area contributed by atoms with E-state index in [2.05, 4.69) is 39.2 Å². The first kappa shape index (κ1) is 23.0. The highest BCUT2D eigenvalue weighted by Crippen LogP contribution is 2.60. The average Bonchev–Trinajstić information content (AvgIpc) is 3.22. The fraction of sp³-hybridized carbons (Fsp3) is 0.704. The molecule has 1 aliphatic heterocycles. The second-order valence-corrected chi connectivity index (χ2v) is 10.8. The molecule has 4 heteroatoms. The maximum atomic E-state index is 10.1. The van der Waals surface area contributed by atoms with E-state index in [0.717, 1.165) is 36.0 Å². The predicted octanol–water partition coefficient (Wildman–Crippen LogP) is 4.82. The molecule has 31 heavy (non-hydrogen) atoms. The molecule has 3 aliphatic carbocycles. The van der Waals surface area contributed by atoms with Gasteiger partial charge in [-0.15, -0.1) is 0 Å². The summed E-state index contributed by atoms with van der Waals surface area (Å²) in [5.41, 5.74) is 4.39. The summed E-state index contributed by atoms with van der Waals surface area (Å²) in [6.07, 6.45) is 11.4. The van der Waals surface area contributed by atoms with Crippen molar-refractivity contribution in [3.05, 3.63) is 47.6 Å². The van der Waals surface area contributed by atoms with Crippen molar-refractivity contribution in [1.82, 2.24) is 0 Å². The Morgan fingerprint density at radius 3 is 2.65 bits per heavy atom. The summed E-state index contributed by atoms with van der Waals surface area (Å²) in [5.74, 6) is 1.82. The van der Waals surface area contributed by atoms with E-state index in [1.165, 1.54) is 31.3 Å². The largest absolute Gasteiger partial charge is 0.393 e. The van der Waals surface area contributed by atoms with Gasteiger partial charge in [0.2, 0.25) is 0 Å². The molecule has 4 rings (SSSR count). The van der Waals surface area contributed by atoms with E-state index in [-0.39, 0.29) is 6.10 Å². The Morgan fingerprint density at radius 1 is 1.16 bits per heavy atom. The number of aliphatic hydroxyl groups is 3. The van der Waals surface area contributed by atoms with Crippen LogP contribution in [0.15, 0.2) is 47.6 Å². The van der Waals surface area contributed by atoms with Crippen LogP contribution in [0.25, 0.3) is 0 Å². The van der Waals surface area contributed by atoms with E-state index < -0.39 is 18.5 Å². The molecule has 172 valence electrons. The maximum Gasteiger partial charge on any atom is 0.177 e. The molecule has 1 heterocycles. The topological polar surface area (TPSA) is 69.9 Å². The SMILES string of the molecule is C=C1/C(=C\C=C2/CCC[C@]3(C)[C@@H]([C@H](C)C[C@@H]4CC(=C)C(O)O4)CC[C@@H]23)C[C@@H](O)CC1O. The van der Waals surface area contributed by atoms with Crippen molar-refractivity contribution >= 4 is 0 Å². The quantitative estimate of drug-likeness (QED) is 0.562. The number of ether oxygens (including phenoxy) is 1. The zero-order valence-corrected chi connectivity index (χ0v) is 19.2. The van der Waals surface area contributed by atoms with E-state index in [9.17, 15) is 15.3 Å². The van der Waals surface area contributed by atoms with Gasteiger partial charge in [-0.3, -0.25) is 0 Å². The lowest BCUT2D eigenvalue weighted by atomic mass is 9.60. The summed E-state index contributed by atoms with van der Waals surface area (Å²) in [6, 6.07) is 0. The number of aliphatic hydroxyl groups excluding tert-OH is 3. The zero-order chi connectivity index (χ0) is 22.3. The first-order valence-electron chi connectivity index (χ1n) is 12.1. The van der Waals surface area contributed by atoms with Crippen LogP contribution in [0, 0.1) is 23.2 Å². The Hall–Kier alpha value is -1.20. The van der Waals surface area contributed by atoms with Gasteiger partial charge in [0.25, 0.3) is 0 Å². The van der Waals surface area contributed by atoms with E-state index >= 15 is 0 Å². The van der Waals surface area contributed by atoms with Crippen LogP contribution in [-0.4, -0.2) is 39.9 Å². The van der Waals surface area contributed by atoms with Gasteiger partial charge in [0.1, 0.15) is 0 Å². The molecule has 0 amide bonds. The molecule has 0 aromatic carbocycles. The number of hydrogen-bond donors (Lipinski definition) is 3. The molecule has 3 saturated carbocycles. The van der Waals surface area contributed by atoms with Gasteiger partial charge in [0.05, 0.1) is 18.3 Å². The summed E-state index contributed by atoms with van der Waals surface area (Å²) in [4.78, 5) is 0. The highest BCUT2D eigenvalue weighted by Gasteiger charge is 2.51. The molecule has 8 atom stereocenters. The Balaban J connectivity index is 1.47. The third-order valence-electron chi connectivity index (χ3n) is 8.78. The number of hydrogen-bond acceptors (Lipinski definition) is 4. The van der Waals surface area contributed by atoms with Crippen LogP contribution < -0.4 is 0 Å². The van der Waals surface area contributed by atoms with Gasteiger partial charge in [-0.25, -0.2) is 0 Å². The summed E-state index contributed by atoms with van der Waals surface area (Å²) in [5, 5.41) is 30.1. The minimum absolute atomic E-state index is 0.0960. The number of fused-ring (bicyclic) bond motifs is 1. The van der Waals surface area contributed by atoms with Crippen molar-refractivity contribution in [2.75, 3.05) is 0 Å². The van der Waals surface area contributed by atoms with Gasteiger partial charge in [-0.1, -0.05) is 44.7 Å². The van der Waals surface area contributed by atoms with Gasteiger partial charge < -0.3 is 20.1 Å². The lowest BCUT2D eigenvalue weighted by Gasteiger charge is -2.44. The second kappa shape index (κ2) is 8.97. The predicted molar refractivity (Wildman–Crippen MR) is 123 cm³/mol. The normalized spacial score (nSPS) is 44.8. The van der Waals surface area contributed by atoms with Gasteiger partial charge >= 0.3 is 0 Å². The van der Waals surface area contributed by atoms with Crippen LogP contribution in [-0.2, 0) is 4.74 Å². The third kappa shape index (κ3) is 4.50. The molecule has 4 nitrogen and oxygen atoms in total.